The maximum Gasteiger partial charge on any atom is 0.118 e. The summed E-state index contributed by atoms with van der Waals surface area (Å²) in [4.78, 5) is 0. The van der Waals surface area contributed by atoms with Crippen LogP contribution < -0.4 is 10.5 Å². The predicted octanol–water partition coefficient (Wildman–Crippen LogP) is 3.35. The molecule has 88 valence electrons. The van der Waals surface area contributed by atoms with E-state index in [0.717, 1.165) is 16.9 Å². The number of halogens is 1. The van der Waals surface area contributed by atoms with Crippen LogP contribution in [-0.2, 0) is 0 Å². The van der Waals surface area contributed by atoms with Gasteiger partial charge < -0.3 is 10.5 Å². The van der Waals surface area contributed by atoms with Gasteiger partial charge in [0.2, 0.25) is 0 Å². The van der Waals surface area contributed by atoms with Crippen molar-refractivity contribution in [3.05, 3.63) is 63.2 Å². The van der Waals surface area contributed by atoms with Gasteiger partial charge in [0.25, 0.3) is 0 Å². The summed E-state index contributed by atoms with van der Waals surface area (Å²) >= 11 is 2.31. The van der Waals surface area contributed by atoms with Gasteiger partial charge in [-0.05, 0) is 51.9 Å². The molecule has 0 spiro atoms. The minimum absolute atomic E-state index is 0.0889. The normalized spacial score (nSPS) is 12.2. The first-order chi connectivity index (χ1) is 8.22. The highest BCUT2D eigenvalue weighted by Crippen LogP contribution is 2.25. The lowest BCUT2D eigenvalue weighted by atomic mass is 10.00. The molecule has 0 bridgehead atoms. The summed E-state index contributed by atoms with van der Waals surface area (Å²) in [6, 6.07) is 16.0. The van der Waals surface area contributed by atoms with E-state index >= 15 is 0 Å². The third kappa shape index (κ3) is 2.79. The molecule has 0 saturated heterocycles. The second-order valence-corrected chi connectivity index (χ2v) is 4.93. The van der Waals surface area contributed by atoms with Gasteiger partial charge in [0.05, 0.1) is 13.2 Å². The number of hydrogen-bond acceptors (Lipinski definition) is 2. The van der Waals surface area contributed by atoms with E-state index in [1.165, 1.54) is 3.57 Å². The zero-order valence-electron chi connectivity index (χ0n) is 9.56. The molecule has 0 amide bonds. The lowest BCUT2D eigenvalue weighted by molar-refractivity contribution is 0.414. The molecule has 0 aliphatic carbocycles. The molecule has 2 aromatic carbocycles. The molecule has 0 radical (unpaired) electrons. The first-order valence-corrected chi connectivity index (χ1v) is 6.44. The second kappa shape index (κ2) is 5.51. The summed E-state index contributed by atoms with van der Waals surface area (Å²) < 4.78 is 6.32. The Bertz CT molecular complexity index is 496. The molecule has 0 aliphatic rings. The maximum absolute atomic E-state index is 6.26. The molecule has 2 rings (SSSR count). The molecular weight excluding hydrogens is 325 g/mol. The van der Waals surface area contributed by atoms with Crippen molar-refractivity contribution < 1.29 is 4.74 Å². The highest BCUT2D eigenvalue weighted by Gasteiger charge is 2.11. The van der Waals surface area contributed by atoms with Crippen LogP contribution in [-0.4, -0.2) is 7.11 Å². The molecule has 0 fully saturated rings. The van der Waals surface area contributed by atoms with Crippen LogP contribution in [0.5, 0.6) is 5.75 Å². The van der Waals surface area contributed by atoms with E-state index in [2.05, 4.69) is 34.7 Å². The lowest BCUT2D eigenvalue weighted by Crippen LogP contribution is -2.13. The fourth-order valence-corrected chi connectivity index (χ4v) is 2.44. The number of benzene rings is 2. The Kier molecular flexibility index (Phi) is 4.02. The van der Waals surface area contributed by atoms with E-state index in [-0.39, 0.29) is 6.04 Å². The Morgan fingerprint density at radius 1 is 1.06 bits per heavy atom. The Hall–Kier alpha value is -1.07. The average molecular weight is 339 g/mol. The van der Waals surface area contributed by atoms with Crippen LogP contribution in [0.3, 0.4) is 0 Å². The van der Waals surface area contributed by atoms with Crippen molar-refractivity contribution in [3.63, 3.8) is 0 Å². The maximum atomic E-state index is 6.26. The van der Waals surface area contributed by atoms with E-state index in [4.69, 9.17) is 10.5 Å². The lowest BCUT2D eigenvalue weighted by Gasteiger charge is -2.14. The monoisotopic (exact) mass is 339 g/mol. The topological polar surface area (TPSA) is 35.2 Å². The van der Waals surface area contributed by atoms with Crippen LogP contribution in [0.4, 0.5) is 0 Å². The van der Waals surface area contributed by atoms with Crippen molar-refractivity contribution in [1.82, 2.24) is 0 Å². The molecule has 1 atom stereocenters. The minimum atomic E-state index is -0.0889. The molecule has 0 aliphatic heterocycles. The predicted molar refractivity (Wildman–Crippen MR) is 78.2 cm³/mol. The fourth-order valence-electron chi connectivity index (χ4n) is 1.72. The Morgan fingerprint density at radius 3 is 2.29 bits per heavy atom. The summed E-state index contributed by atoms with van der Waals surface area (Å²) in [5, 5.41) is 0. The first kappa shape index (κ1) is 12.4. The van der Waals surface area contributed by atoms with Gasteiger partial charge in [0.1, 0.15) is 5.75 Å². The van der Waals surface area contributed by atoms with E-state index in [1.54, 1.807) is 7.11 Å². The first-order valence-electron chi connectivity index (χ1n) is 5.36. The average Bonchev–Trinajstić information content (AvgIpc) is 2.39. The van der Waals surface area contributed by atoms with Gasteiger partial charge in [0.15, 0.2) is 0 Å². The zero-order chi connectivity index (χ0) is 12.3. The Labute approximate surface area is 115 Å². The molecule has 0 heterocycles. The second-order valence-electron chi connectivity index (χ2n) is 3.77. The molecule has 1 unspecified atom stereocenters. The van der Waals surface area contributed by atoms with Crippen LogP contribution in [0.1, 0.15) is 17.2 Å². The Morgan fingerprint density at radius 2 is 1.71 bits per heavy atom. The van der Waals surface area contributed by atoms with Gasteiger partial charge in [-0.3, -0.25) is 0 Å². The number of nitrogens with two attached hydrogens (primary N) is 1. The minimum Gasteiger partial charge on any atom is -0.497 e. The summed E-state index contributed by atoms with van der Waals surface area (Å²) in [5.74, 6) is 0.851. The van der Waals surface area contributed by atoms with Gasteiger partial charge in [-0.1, -0.05) is 30.3 Å². The van der Waals surface area contributed by atoms with Crippen LogP contribution in [0.2, 0.25) is 0 Å². The van der Waals surface area contributed by atoms with E-state index in [1.807, 2.05) is 36.4 Å². The van der Waals surface area contributed by atoms with E-state index in [9.17, 15) is 0 Å². The van der Waals surface area contributed by atoms with Crippen molar-refractivity contribution in [2.75, 3.05) is 7.11 Å². The van der Waals surface area contributed by atoms with Crippen molar-refractivity contribution in [2.24, 2.45) is 5.73 Å². The van der Waals surface area contributed by atoms with Crippen LogP contribution >= 0.6 is 22.6 Å². The summed E-state index contributed by atoms with van der Waals surface area (Å²) in [7, 11) is 1.66. The van der Waals surface area contributed by atoms with Gasteiger partial charge in [-0.15, -0.1) is 0 Å². The number of methoxy groups -OCH3 is 1. The third-order valence-corrected chi connectivity index (χ3v) is 3.70. The van der Waals surface area contributed by atoms with Gasteiger partial charge in [0, 0.05) is 3.57 Å². The van der Waals surface area contributed by atoms with Gasteiger partial charge in [-0.2, -0.15) is 0 Å². The molecule has 17 heavy (non-hydrogen) atoms. The molecular formula is C14H14INO. The molecule has 0 aromatic heterocycles. The fraction of sp³-hybridized carbons (Fsp3) is 0.143. The van der Waals surface area contributed by atoms with Gasteiger partial charge in [-0.25, -0.2) is 0 Å². The van der Waals surface area contributed by atoms with Crippen LogP contribution in [0.15, 0.2) is 48.5 Å². The molecule has 0 saturated carbocycles. The molecule has 2 aromatic rings. The van der Waals surface area contributed by atoms with Crippen molar-refractivity contribution >= 4 is 22.6 Å². The SMILES string of the molecule is COc1ccc(C(N)c2ccccc2I)cc1. The smallest absolute Gasteiger partial charge is 0.118 e. The van der Waals surface area contributed by atoms with Crippen molar-refractivity contribution in [1.29, 1.82) is 0 Å². The third-order valence-electron chi connectivity index (χ3n) is 2.72. The Balaban J connectivity index is 2.30. The summed E-state index contributed by atoms with van der Waals surface area (Å²) in [5.41, 5.74) is 8.51. The summed E-state index contributed by atoms with van der Waals surface area (Å²) in [6.45, 7) is 0. The number of rotatable bonds is 3. The van der Waals surface area contributed by atoms with Gasteiger partial charge >= 0.3 is 0 Å². The van der Waals surface area contributed by atoms with E-state index < -0.39 is 0 Å². The van der Waals surface area contributed by atoms with Crippen LogP contribution in [0, 0.1) is 3.57 Å². The molecule has 2 N–H and O–H groups in total. The number of ether oxygens (including phenoxy) is 1. The van der Waals surface area contributed by atoms with Crippen LogP contribution in [0.25, 0.3) is 0 Å². The highest BCUT2D eigenvalue weighted by atomic mass is 127. The van der Waals surface area contributed by atoms with E-state index in [0.29, 0.717) is 0 Å². The molecule has 2 nitrogen and oxygen atoms in total. The quantitative estimate of drug-likeness (QED) is 0.871. The zero-order valence-corrected chi connectivity index (χ0v) is 11.7. The molecule has 3 heteroatoms. The van der Waals surface area contributed by atoms with Crippen molar-refractivity contribution in [3.8, 4) is 5.75 Å². The largest absolute Gasteiger partial charge is 0.497 e. The summed E-state index contributed by atoms with van der Waals surface area (Å²) in [6.07, 6.45) is 0. The number of hydrogen-bond donors (Lipinski definition) is 1. The standard InChI is InChI=1S/C14H14INO/c1-17-11-8-6-10(7-9-11)14(16)12-4-2-3-5-13(12)15/h2-9,14H,16H2,1H3. The highest BCUT2D eigenvalue weighted by molar-refractivity contribution is 14.1. The van der Waals surface area contributed by atoms with Crippen molar-refractivity contribution in [2.45, 2.75) is 6.04 Å².